The van der Waals surface area contributed by atoms with Gasteiger partial charge in [-0.05, 0) is 54.4 Å². The lowest BCUT2D eigenvalue weighted by Gasteiger charge is -2.48. The molecule has 0 aliphatic carbocycles. The number of para-hydroxylation sites is 4. The number of benzene rings is 5. The molecule has 0 fully saturated rings. The van der Waals surface area contributed by atoms with Crippen molar-refractivity contribution >= 4 is 28.0 Å². The van der Waals surface area contributed by atoms with Crippen molar-refractivity contribution in [3.63, 3.8) is 0 Å². The highest BCUT2D eigenvalue weighted by Gasteiger charge is 2.50. The van der Waals surface area contributed by atoms with Crippen LogP contribution < -0.4 is 15.1 Å². The number of rotatable bonds is 1. The first-order valence-electron chi connectivity index (χ1n) is 13.1. The maximum atomic E-state index is 12.6. The predicted molar refractivity (Wildman–Crippen MR) is 154 cm³/mol. The molecule has 0 atom stereocenters. The zero-order valence-corrected chi connectivity index (χ0v) is 21.2. The van der Waals surface area contributed by atoms with E-state index < -0.39 is 5.41 Å². The van der Waals surface area contributed by atoms with E-state index in [2.05, 4.69) is 89.8 Å². The van der Waals surface area contributed by atoms with Crippen LogP contribution in [-0.4, -0.2) is 0 Å². The van der Waals surface area contributed by atoms with Crippen LogP contribution in [0.5, 0.6) is 11.5 Å². The lowest BCUT2D eigenvalue weighted by atomic mass is 9.61. The third-order valence-electron chi connectivity index (χ3n) is 7.99. The SMILES string of the molecule is Cc1cc(=O)c2ccc(N3c4ccccc4C4(c5ccccc5Oc5ccccc54)c4ccccc43)cc2o1. The minimum Gasteiger partial charge on any atom is -0.461 e. The monoisotopic (exact) mass is 505 g/mol. The maximum absolute atomic E-state index is 12.6. The van der Waals surface area contributed by atoms with Gasteiger partial charge in [-0.2, -0.15) is 0 Å². The zero-order valence-electron chi connectivity index (χ0n) is 21.2. The summed E-state index contributed by atoms with van der Waals surface area (Å²) in [7, 11) is 0. The van der Waals surface area contributed by atoms with E-state index in [9.17, 15) is 4.79 Å². The topological polar surface area (TPSA) is 42.7 Å². The third-order valence-corrected chi connectivity index (χ3v) is 7.99. The standard InChI is InChI=1S/C35H23NO3/c1-22-20-31(37)24-19-18-23(21-34(24)38-22)36-29-14-6-2-10-25(29)35(26-11-3-7-15-30(26)36)27-12-4-8-16-32(27)39-33-17-9-5-13-28(33)35/h2-21H,1H3. The number of nitrogens with zero attached hydrogens (tertiary/aromatic N) is 1. The molecule has 4 nitrogen and oxygen atoms in total. The molecule has 2 aliphatic heterocycles. The number of hydrogen-bond donors (Lipinski definition) is 0. The number of anilines is 3. The lowest BCUT2D eigenvalue weighted by molar-refractivity contribution is 0.434. The van der Waals surface area contributed by atoms with Crippen molar-refractivity contribution in [1.82, 2.24) is 0 Å². The molecule has 0 saturated heterocycles. The summed E-state index contributed by atoms with van der Waals surface area (Å²) in [5.74, 6) is 2.31. The second-order valence-corrected chi connectivity index (χ2v) is 10.1. The van der Waals surface area contributed by atoms with Gasteiger partial charge in [0.05, 0.1) is 22.2 Å². The van der Waals surface area contributed by atoms with Crippen LogP contribution in [0.1, 0.15) is 28.0 Å². The Balaban J connectivity index is 1.49. The minimum absolute atomic E-state index is 0.0332. The molecule has 2 aliphatic rings. The summed E-state index contributed by atoms with van der Waals surface area (Å²) in [5, 5.41) is 0.576. The normalized spacial score (nSPS) is 14.2. The summed E-state index contributed by atoms with van der Waals surface area (Å²) < 4.78 is 12.5. The largest absolute Gasteiger partial charge is 0.461 e. The molecule has 3 heterocycles. The highest BCUT2D eigenvalue weighted by atomic mass is 16.5. The Morgan fingerprint density at radius 1 is 0.615 bits per heavy atom. The van der Waals surface area contributed by atoms with Crippen LogP contribution in [0.25, 0.3) is 11.0 Å². The van der Waals surface area contributed by atoms with E-state index in [-0.39, 0.29) is 5.43 Å². The van der Waals surface area contributed by atoms with Crippen molar-refractivity contribution in [3.8, 4) is 11.5 Å². The molecule has 0 amide bonds. The van der Waals surface area contributed by atoms with Crippen LogP contribution in [0.15, 0.2) is 131 Å². The van der Waals surface area contributed by atoms with Gasteiger partial charge < -0.3 is 14.1 Å². The summed E-state index contributed by atoms with van der Waals surface area (Å²) in [6.45, 7) is 1.81. The van der Waals surface area contributed by atoms with E-state index >= 15 is 0 Å². The van der Waals surface area contributed by atoms with Gasteiger partial charge in [0, 0.05) is 28.9 Å². The van der Waals surface area contributed by atoms with Crippen LogP contribution in [0.3, 0.4) is 0 Å². The first-order valence-corrected chi connectivity index (χ1v) is 13.1. The van der Waals surface area contributed by atoms with Gasteiger partial charge in [-0.25, -0.2) is 0 Å². The first-order chi connectivity index (χ1) is 19.2. The minimum atomic E-state index is -0.574. The molecule has 8 rings (SSSR count). The molecule has 0 radical (unpaired) electrons. The molecule has 5 aromatic carbocycles. The van der Waals surface area contributed by atoms with Gasteiger partial charge in [-0.1, -0.05) is 72.8 Å². The van der Waals surface area contributed by atoms with Gasteiger partial charge >= 0.3 is 0 Å². The van der Waals surface area contributed by atoms with E-state index in [0.29, 0.717) is 16.7 Å². The van der Waals surface area contributed by atoms with Crippen LogP contribution in [0.4, 0.5) is 17.1 Å². The molecule has 0 saturated carbocycles. The fraction of sp³-hybridized carbons (Fsp3) is 0.0571. The lowest BCUT2D eigenvalue weighted by Crippen LogP contribution is -2.39. The van der Waals surface area contributed by atoms with Crippen molar-refractivity contribution in [3.05, 3.63) is 160 Å². The summed E-state index contributed by atoms with van der Waals surface area (Å²) in [6.07, 6.45) is 0. The molecule has 6 aromatic rings. The fourth-order valence-corrected chi connectivity index (χ4v) is 6.50. The number of aryl methyl sites for hydroxylation is 1. The molecule has 39 heavy (non-hydrogen) atoms. The van der Waals surface area contributed by atoms with Crippen LogP contribution in [-0.2, 0) is 5.41 Å². The van der Waals surface area contributed by atoms with Crippen LogP contribution in [0, 0.1) is 6.92 Å². The van der Waals surface area contributed by atoms with Crippen LogP contribution in [0.2, 0.25) is 0 Å². The summed E-state index contributed by atoms with van der Waals surface area (Å²) in [4.78, 5) is 14.9. The van der Waals surface area contributed by atoms with Gasteiger partial charge in [0.15, 0.2) is 5.43 Å². The molecule has 0 unspecified atom stereocenters. The molecular formula is C35H23NO3. The van der Waals surface area contributed by atoms with Gasteiger partial charge in [-0.3, -0.25) is 4.79 Å². The Hall–Kier alpha value is -5.09. The molecular weight excluding hydrogens is 482 g/mol. The average Bonchev–Trinajstić information content (AvgIpc) is 2.97. The molecule has 186 valence electrons. The van der Waals surface area contributed by atoms with Crippen molar-refractivity contribution in [2.75, 3.05) is 4.90 Å². The second kappa shape index (κ2) is 7.95. The van der Waals surface area contributed by atoms with Gasteiger partial charge in [-0.15, -0.1) is 0 Å². The van der Waals surface area contributed by atoms with Crippen molar-refractivity contribution in [2.24, 2.45) is 0 Å². The van der Waals surface area contributed by atoms with Crippen molar-refractivity contribution in [2.45, 2.75) is 12.3 Å². The fourth-order valence-electron chi connectivity index (χ4n) is 6.50. The highest BCUT2D eigenvalue weighted by molar-refractivity contribution is 5.93. The Morgan fingerprint density at radius 3 is 1.77 bits per heavy atom. The molecule has 1 aromatic heterocycles. The van der Waals surface area contributed by atoms with Crippen molar-refractivity contribution in [1.29, 1.82) is 0 Å². The molecule has 1 spiro atoms. The zero-order chi connectivity index (χ0) is 26.1. The second-order valence-electron chi connectivity index (χ2n) is 10.1. The van der Waals surface area contributed by atoms with E-state index in [4.69, 9.17) is 9.15 Å². The third kappa shape index (κ3) is 2.91. The Kier molecular flexibility index (Phi) is 4.48. The smallest absolute Gasteiger partial charge is 0.192 e. The van der Waals surface area contributed by atoms with E-state index in [1.807, 2.05) is 37.3 Å². The number of ether oxygens (including phenoxy) is 1. The number of hydrogen-bond acceptors (Lipinski definition) is 4. The Labute approximate surface area is 225 Å². The maximum Gasteiger partial charge on any atom is 0.192 e. The highest BCUT2D eigenvalue weighted by Crippen LogP contribution is 2.62. The summed E-state index contributed by atoms with van der Waals surface area (Å²) in [6, 6.07) is 41.2. The average molecular weight is 506 g/mol. The molecule has 0 N–H and O–H groups in total. The van der Waals surface area contributed by atoms with E-state index in [1.54, 1.807) is 0 Å². The van der Waals surface area contributed by atoms with E-state index in [1.165, 1.54) is 6.07 Å². The predicted octanol–water partition coefficient (Wildman–Crippen LogP) is 8.37. The van der Waals surface area contributed by atoms with Gasteiger partial charge in [0.25, 0.3) is 0 Å². The van der Waals surface area contributed by atoms with Gasteiger partial charge in [0.2, 0.25) is 0 Å². The summed E-state index contributed by atoms with van der Waals surface area (Å²) in [5.41, 5.74) is 7.59. The van der Waals surface area contributed by atoms with Gasteiger partial charge in [0.1, 0.15) is 22.8 Å². The molecule has 4 heteroatoms. The van der Waals surface area contributed by atoms with Crippen molar-refractivity contribution < 1.29 is 9.15 Å². The quantitative estimate of drug-likeness (QED) is 0.225. The van der Waals surface area contributed by atoms with Crippen LogP contribution >= 0.6 is 0 Å². The molecule has 0 bridgehead atoms. The number of fused-ring (bicyclic) bond motifs is 9. The van der Waals surface area contributed by atoms with E-state index in [0.717, 1.165) is 50.8 Å². The Bertz CT molecular complexity index is 1910. The summed E-state index contributed by atoms with van der Waals surface area (Å²) >= 11 is 0. The first kappa shape index (κ1) is 21.9. The Morgan fingerprint density at radius 2 is 1.15 bits per heavy atom.